The Bertz CT molecular complexity index is 1530. The zero-order chi connectivity index (χ0) is 29.4. The van der Waals surface area contributed by atoms with Gasteiger partial charge in [0.15, 0.2) is 0 Å². The molecule has 1 aliphatic carbocycles. The smallest absolute Gasteiger partial charge is 0.268 e. The Balaban J connectivity index is 1.36. The van der Waals surface area contributed by atoms with Gasteiger partial charge in [0.1, 0.15) is 0 Å². The highest BCUT2D eigenvalue weighted by molar-refractivity contribution is 7.90. The van der Waals surface area contributed by atoms with Crippen molar-refractivity contribution in [3.63, 3.8) is 0 Å². The van der Waals surface area contributed by atoms with Crippen LogP contribution in [0.3, 0.4) is 0 Å². The minimum Gasteiger partial charge on any atom is -0.300 e. The summed E-state index contributed by atoms with van der Waals surface area (Å²) in [6.45, 7) is 6.19. The zero-order valence-electron chi connectivity index (χ0n) is 24.7. The molecule has 0 radical (unpaired) electrons. The van der Waals surface area contributed by atoms with Gasteiger partial charge in [-0.1, -0.05) is 68.7 Å². The van der Waals surface area contributed by atoms with Gasteiger partial charge in [-0.05, 0) is 81.6 Å². The summed E-state index contributed by atoms with van der Waals surface area (Å²) >= 11 is 0. The van der Waals surface area contributed by atoms with Crippen LogP contribution in [0.4, 0.5) is 4.39 Å². The average molecular weight is 591 g/mol. The SMILES string of the molecule is CCCN(CCCCN(Cc1cccnc1F)Cc1cn(S(=O)(=O)c2ccccc2)c2ccccc12)C1CCCCC1. The highest BCUT2D eigenvalue weighted by Crippen LogP contribution is 2.28. The molecule has 0 atom stereocenters. The van der Waals surface area contributed by atoms with E-state index in [1.54, 1.807) is 42.6 Å². The monoisotopic (exact) mass is 590 g/mol. The summed E-state index contributed by atoms with van der Waals surface area (Å²) in [6, 6.07) is 20.4. The number of para-hydroxylation sites is 1. The Morgan fingerprint density at radius 3 is 2.33 bits per heavy atom. The largest absolute Gasteiger partial charge is 0.300 e. The lowest BCUT2D eigenvalue weighted by Gasteiger charge is -2.34. The molecule has 1 fully saturated rings. The van der Waals surface area contributed by atoms with Crippen molar-refractivity contribution in [2.24, 2.45) is 0 Å². The highest BCUT2D eigenvalue weighted by atomic mass is 32.2. The molecule has 0 amide bonds. The van der Waals surface area contributed by atoms with Crippen LogP contribution in [-0.2, 0) is 23.1 Å². The van der Waals surface area contributed by atoms with E-state index < -0.39 is 16.0 Å². The molecule has 8 heteroatoms. The second kappa shape index (κ2) is 14.4. The molecule has 6 nitrogen and oxygen atoms in total. The zero-order valence-corrected chi connectivity index (χ0v) is 25.5. The summed E-state index contributed by atoms with van der Waals surface area (Å²) in [4.78, 5) is 9.03. The molecule has 0 N–H and O–H groups in total. The molecule has 0 aliphatic heterocycles. The highest BCUT2D eigenvalue weighted by Gasteiger charge is 2.23. The van der Waals surface area contributed by atoms with E-state index in [1.807, 2.05) is 30.3 Å². The van der Waals surface area contributed by atoms with Crippen LogP contribution in [0.25, 0.3) is 10.9 Å². The van der Waals surface area contributed by atoms with E-state index in [-0.39, 0.29) is 4.90 Å². The molecule has 5 rings (SSSR count). The second-order valence-corrected chi connectivity index (χ2v) is 13.3. The van der Waals surface area contributed by atoms with Crippen molar-refractivity contribution in [3.05, 3.63) is 96.2 Å². The molecule has 1 aliphatic rings. The van der Waals surface area contributed by atoms with Gasteiger partial charge in [-0.25, -0.2) is 17.4 Å². The number of unbranched alkanes of at least 4 members (excludes halogenated alkanes) is 1. The maximum absolute atomic E-state index is 14.6. The molecule has 1 saturated carbocycles. The molecule has 0 bridgehead atoms. The van der Waals surface area contributed by atoms with Crippen LogP contribution in [0, 0.1) is 5.95 Å². The predicted molar refractivity (Wildman–Crippen MR) is 167 cm³/mol. The molecular formula is C34H43FN4O2S. The van der Waals surface area contributed by atoms with Gasteiger partial charge in [-0.15, -0.1) is 0 Å². The number of hydrogen-bond acceptors (Lipinski definition) is 5. The Morgan fingerprint density at radius 1 is 0.857 bits per heavy atom. The van der Waals surface area contributed by atoms with Crippen LogP contribution in [-0.4, -0.2) is 52.9 Å². The van der Waals surface area contributed by atoms with Crippen molar-refractivity contribution in [1.29, 1.82) is 0 Å². The molecule has 0 saturated heterocycles. The van der Waals surface area contributed by atoms with E-state index >= 15 is 0 Å². The number of benzene rings is 2. The Kier molecular flexibility index (Phi) is 10.4. The standard InChI is InChI=1S/C34H43FN4O2S/c1-2-22-38(30-15-5-3-6-16-30)24-12-11-23-37(25-28-14-13-21-36-34(28)35)26-29-27-39(33-20-10-9-19-32(29)33)42(40,41)31-17-7-4-8-18-31/h4,7-10,13-14,17-21,27,30H,2-3,5-6,11-12,15-16,22-26H2,1H3. The van der Waals surface area contributed by atoms with Crippen molar-refractivity contribution >= 4 is 20.9 Å². The minimum atomic E-state index is -3.77. The molecule has 42 heavy (non-hydrogen) atoms. The van der Waals surface area contributed by atoms with Crippen molar-refractivity contribution in [1.82, 2.24) is 18.8 Å². The van der Waals surface area contributed by atoms with E-state index in [0.717, 1.165) is 43.4 Å². The Hall–Kier alpha value is -3.07. The number of halogens is 1. The molecule has 0 spiro atoms. The summed E-state index contributed by atoms with van der Waals surface area (Å²) in [5.41, 5.74) is 2.10. The lowest BCUT2D eigenvalue weighted by Crippen LogP contribution is -2.38. The summed E-state index contributed by atoms with van der Waals surface area (Å²) in [5.74, 6) is -0.456. The first-order valence-electron chi connectivity index (χ1n) is 15.4. The second-order valence-electron chi connectivity index (χ2n) is 11.5. The van der Waals surface area contributed by atoms with Gasteiger partial charge in [-0.2, -0.15) is 4.39 Å². The minimum absolute atomic E-state index is 0.251. The van der Waals surface area contributed by atoms with Gasteiger partial charge < -0.3 is 4.90 Å². The Morgan fingerprint density at radius 2 is 1.57 bits per heavy atom. The van der Waals surface area contributed by atoms with Gasteiger partial charge in [0.25, 0.3) is 10.0 Å². The Labute approximate surface area is 250 Å². The molecule has 2 aromatic carbocycles. The van der Waals surface area contributed by atoms with Crippen LogP contribution in [0.2, 0.25) is 0 Å². The number of pyridine rings is 1. The van der Waals surface area contributed by atoms with Crippen LogP contribution in [0.5, 0.6) is 0 Å². The first kappa shape index (κ1) is 30.4. The van der Waals surface area contributed by atoms with Crippen molar-refractivity contribution in [2.75, 3.05) is 19.6 Å². The quantitative estimate of drug-likeness (QED) is 0.114. The predicted octanol–water partition coefficient (Wildman–Crippen LogP) is 7.24. The van der Waals surface area contributed by atoms with Gasteiger partial charge in [0.05, 0.1) is 10.4 Å². The molecule has 0 unspecified atom stereocenters. The lowest BCUT2D eigenvalue weighted by atomic mass is 9.94. The van der Waals surface area contributed by atoms with Gasteiger partial charge in [0.2, 0.25) is 5.95 Å². The molecular weight excluding hydrogens is 547 g/mol. The summed E-state index contributed by atoms with van der Waals surface area (Å²) in [6.07, 6.45) is 13.1. The van der Waals surface area contributed by atoms with Crippen LogP contribution < -0.4 is 0 Å². The normalized spacial score (nSPS) is 14.8. The number of aromatic nitrogens is 2. The van der Waals surface area contributed by atoms with Crippen molar-refractivity contribution in [2.45, 2.75) is 82.3 Å². The van der Waals surface area contributed by atoms with E-state index in [9.17, 15) is 12.8 Å². The third-order valence-electron chi connectivity index (χ3n) is 8.46. The molecule has 4 aromatic rings. The fourth-order valence-electron chi connectivity index (χ4n) is 6.34. The topological polar surface area (TPSA) is 58.4 Å². The van der Waals surface area contributed by atoms with Crippen molar-refractivity contribution < 1.29 is 12.8 Å². The van der Waals surface area contributed by atoms with Crippen LogP contribution in [0.1, 0.15) is 69.4 Å². The molecule has 2 heterocycles. The maximum Gasteiger partial charge on any atom is 0.268 e. The van der Waals surface area contributed by atoms with Gasteiger partial charge in [-0.3, -0.25) is 4.90 Å². The maximum atomic E-state index is 14.6. The summed E-state index contributed by atoms with van der Waals surface area (Å²) in [5, 5.41) is 0.889. The van der Waals surface area contributed by atoms with Crippen LogP contribution in [0.15, 0.2) is 84.0 Å². The van der Waals surface area contributed by atoms with E-state index in [0.29, 0.717) is 30.2 Å². The summed E-state index contributed by atoms with van der Waals surface area (Å²) in [7, 11) is -3.77. The number of fused-ring (bicyclic) bond motifs is 1. The van der Waals surface area contributed by atoms with E-state index in [2.05, 4.69) is 21.7 Å². The first-order chi connectivity index (χ1) is 20.5. The van der Waals surface area contributed by atoms with E-state index in [4.69, 9.17) is 0 Å². The summed E-state index contributed by atoms with van der Waals surface area (Å²) < 4.78 is 43.3. The number of hydrogen-bond donors (Lipinski definition) is 0. The van der Waals surface area contributed by atoms with Gasteiger partial charge in [0, 0.05) is 42.5 Å². The van der Waals surface area contributed by atoms with Gasteiger partial charge >= 0.3 is 0 Å². The number of nitrogens with zero attached hydrogens (tertiary/aromatic N) is 4. The number of rotatable bonds is 14. The third-order valence-corrected chi connectivity index (χ3v) is 10.1. The molecule has 224 valence electrons. The van der Waals surface area contributed by atoms with E-state index in [1.165, 1.54) is 48.7 Å². The van der Waals surface area contributed by atoms with Crippen molar-refractivity contribution in [3.8, 4) is 0 Å². The molecule has 2 aromatic heterocycles. The fourth-order valence-corrected chi connectivity index (χ4v) is 7.75. The first-order valence-corrected chi connectivity index (χ1v) is 16.9. The average Bonchev–Trinajstić information content (AvgIpc) is 3.39. The lowest BCUT2D eigenvalue weighted by molar-refractivity contribution is 0.149. The fraction of sp³-hybridized carbons (Fsp3) is 0.441. The van der Waals surface area contributed by atoms with Crippen LogP contribution >= 0.6 is 0 Å². The third kappa shape index (κ3) is 7.28.